The molecule has 0 saturated heterocycles. The molecule has 31 heavy (non-hydrogen) atoms. The molecule has 0 spiro atoms. The van der Waals surface area contributed by atoms with Crippen LogP contribution >= 0.6 is 11.6 Å². The van der Waals surface area contributed by atoms with E-state index in [1.165, 1.54) is 0 Å². The number of hydrogen-bond donors (Lipinski definition) is 1. The largest absolute Gasteiger partial charge is 0.490 e. The van der Waals surface area contributed by atoms with E-state index in [9.17, 15) is 9.90 Å². The lowest BCUT2D eigenvalue weighted by atomic mass is 9.97. The lowest BCUT2D eigenvalue weighted by Gasteiger charge is -2.13. The van der Waals surface area contributed by atoms with E-state index in [0.29, 0.717) is 30.4 Å². The van der Waals surface area contributed by atoms with Crippen molar-refractivity contribution in [1.82, 2.24) is 0 Å². The molecule has 0 aromatic heterocycles. The zero-order chi connectivity index (χ0) is 22.1. The average Bonchev–Trinajstić information content (AvgIpc) is 2.79. The van der Waals surface area contributed by atoms with E-state index in [2.05, 4.69) is 0 Å². The molecule has 1 atom stereocenters. The van der Waals surface area contributed by atoms with E-state index < -0.39 is 12.1 Å². The van der Waals surface area contributed by atoms with Crippen LogP contribution in [0.25, 0.3) is 5.57 Å². The summed E-state index contributed by atoms with van der Waals surface area (Å²) in [4.78, 5) is 11.3. The Morgan fingerprint density at radius 1 is 1.00 bits per heavy atom. The molecule has 4 nitrogen and oxygen atoms in total. The van der Waals surface area contributed by atoms with E-state index in [-0.39, 0.29) is 0 Å². The van der Waals surface area contributed by atoms with Gasteiger partial charge in [0.2, 0.25) is 0 Å². The highest BCUT2D eigenvalue weighted by Gasteiger charge is 2.17. The molecule has 0 fully saturated rings. The molecule has 0 heterocycles. The maximum atomic E-state index is 11.3. The van der Waals surface area contributed by atoms with Crippen LogP contribution in [-0.2, 0) is 16.0 Å². The zero-order valence-electron chi connectivity index (χ0n) is 17.3. The molecule has 3 rings (SSSR count). The molecule has 0 aliphatic rings. The highest BCUT2D eigenvalue weighted by Crippen LogP contribution is 2.29. The van der Waals surface area contributed by atoms with Gasteiger partial charge in [-0.25, -0.2) is 4.79 Å². The molecule has 1 unspecified atom stereocenters. The van der Waals surface area contributed by atoms with E-state index in [0.717, 1.165) is 22.3 Å². The first kappa shape index (κ1) is 22.6. The van der Waals surface area contributed by atoms with Gasteiger partial charge in [0.25, 0.3) is 0 Å². The van der Waals surface area contributed by atoms with Crippen LogP contribution in [-0.4, -0.2) is 30.4 Å². The number of ether oxygens (including phenoxy) is 2. The van der Waals surface area contributed by atoms with Crippen LogP contribution in [0.1, 0.15) is 23.6 Å². The maximum absolute atomic E-state index is 11.3. The van der Waals surface area contributed by atoms with Gasteiger partial charge < -0.3 is 14.6 Å². The fourth-order valence-electron chi connectivity index (χ4n) is 3.26. The summed E-state index contributed by atoms with van der Waals surface area (Å²) in [5.41, 5.74) is 3.89. The predicted octanol–water partition coefficient (Wildman–Crippen LogP) is 5.88. The third-order valence-electron chi connectivity index (χ3n) is 4.77. The molecule has 0 amide bonds. The minimum atomic E-state index is -0.958. The van der Waals surface area contributed by atoms with Gasteiger partial charge in [-0.3, -0.25) is 0 Å². The van der Waals surface area contributed by atoms with Gasteiger partial charge in [-0.05, 0) is 47.9 Å². The standard InChI is InChI=1S/C26H25ClO4/c1-2-30-25(26(28)29)18-19-12-14-21(15-13-19)31-17-16-22(20-8-4-3-5-9-20)23-10-6-7-11-24(23)27/h3-16,25H,2,17-18H2,1H3,(H,28,29)/b22-16-. The molecule has 0 aliphatic carbocycles. The topological polar surface area (TPSA) is 55.8 Å². The third kappa shape index (κ3) is 6.45. The Labute approximate surface area is 187 Å². The van der Waals surface area contributed by atoms with Crippen LogP contribution in [0, 0.1) is 0 Å². The minimum absolute atomic E-state index is 0.314. The van der Waals surface area contributed by atoms with Crippen molar-refractivity contribution in [3.63, 3.8) is 0 Å². The highest BCUT2D eigenvalue weighted by atomic mass is 35.5. The Hall–Kier alpha value is -3.08. The summed E-state index contributed by atoms with van der Waals surface area (Å²) in [5, 5.41) is 9.91. The summed E-state index contributed by atoms with van der Waals surface area (Å²) >= 11 is 6.43. The number of benzene rings is 3. The Morgan fingerprint density at radius 3 is 2.32 bits per heavy atom. The van der Waals surface area contributed by atoms with Crippen LogP contribution in [0.2, 0.25) is 5.02 Å². The zero-order valence-corrected chi connectivity index (χ0v) is 18.1. The average molecular weight is 437 g/mol. The van der Waals surface area contributed by atoms with Gasteiger partial charge in [-0.2, -0.15) is 0 Å². The van der Waals surface area contributed by atoms with E-state index in [4.69, 9.17) is 21.1 Å². The van der Waals surface area contributed by atoms with Crippen LogP contribution < -0.4 is 4.74 Å². The van der Waals surface area contributed by atoms with Gasteiger partial charge in [0.05, 0.1) is 0 Å². The number of aliphatic carboxylic acids is 1. The first-order valence-electron chi connectivity index (χ1n) is 10.1. The van der Waals surface area contributed by atoms with Crippen LogP contribution in [0.5, 0.6) is 5.75 Å². The number of halogens is 1. The Kier molecular flexibility index (Phi) is 8.27. The molecule has 0 saturated carbocycles. The molecule has 3 aromatic rings. The second kappa shape index (κ2) is 11.3. The summed E-state index contributed by atoms with van der Waals surface area (Å²) in [6.45, 7) is 2.51. The molecule has 0 aliphatic heterocycles. The second-order valence-electron chi connectivity index (χ2n) is 6.90. The summed E-state index contributed by atoms with van der Waals surface area (Å²) in [7, 11) is 0. The van der Waals surface area contributed by atoms with Crippen LogP contribution in [0.4, 0.5) is 0 Å². The smallest absolute Gasteiger partial charge is 0.333 e. The molecule has 0 radical (unpaired) electrons. The van der Waals surface area contributed by atoms with Crippen molar-refractivity contribution >= 4 is 23.1 Å². The van der Waals surface area contributed by atoms with Crippen LogP contribution in [0.3, 0.4) is 0 Å². The normalized spacial score (nSPS) is 12.4. The van der Waals surface area contributed by atoms with Gasteiger partial charge in [-0.15, -0.1) is 0 Å². The number of carbonyl (C=O) groups is 1. The second-order valence-corrected chi connectivity index (χ2v) is 7.31. The summed E-state index contributed by atoms with van der Waals surface area (Å²) < 4.78 is 11.2. The van der Waals surface area contributed by atoms with Gasteiger partial charge in [0.15, 0.2) is 6.10 Å². The SMILES string of the molecule is CCOC(Cc1ccc(OC/C=C(/c2ccccc2)c2ccccc2Cl)cc1)C(=O)O. The van der Waals surface area contributed by atoms with Crippen molar-refractivity contribution in [3.05, 3.63) is 107 Å². The fourth-order valence-corrected chi connectivity index (χ4v) is 3.49. The predicted molar refractivity (Wildman–Crippen MR) is 124 cm³/mol. The Bertz CT molecular complexity index is 1010. The molecule has 3 aromatic carbocycles. The van der Waals surface area contributed by atoms with Gasteiger partial charge in [-0.1, -0.05) is 72.3 Å². The van der Waals surface area contributed by atoms with E-state index in [1.54, 1.807) is 6.92 Å². The minimum Gasteiger partial charge on any atom is -0.490 e. The van der Waals surface area contributed by atoms with Crippen molar-refractivity contribution in [1.29, 1.82) is 0 Å². The quantitative estimate of drug-likeness (QED) is 0.431. The van der Waals surface area contributed by atoms with Crippen molar-refractivity contribution in [2.75, 3.05) is 13.2 Å². The monoisotopic (exact) mass is 436 g/mol. The Morgan fingerprint density at radius 2 is 1.68 bits per heavy atom. The summed E-state index contributed by atoms with van der Waals surface area (Å²) in [6.07, 6.45) is 1.48. The van der Waals surface area contributed by atoms with Crippen molar-refractivity contribution < 1.29 is 19.4 Å². The lowest BCUT2D eigenvalue weighted by Crippen LogP contribution is -2.26. The Balaban J connectivity index is 1.71. The first-order valence-corrected chi connectivity index (χ1v) is 10.5. The van der Waals surface area contributed by atoms with Crippen LogP contribution in [0.15, 0.2) is 84.9 Å². The number of carboxylic acid groups (broad SMARTS) is 1. The highest BCUT2D eigenvalue weighted by molar-refractivity contribution is 6.32. The summed E-state index contributed by atoms with van der Waals surface area (Å²) in [5.74, 6) is -0.254. The fraction of sp³-hybridized carbons (Fsp3) is 0.192. The van der Waals surface area contributed by atoms with Gasteiger partial charge in [0.1, 0.15) is 12.4 Å². The summed E-state index contributed by atoms with van der Waals surface area (Å²) in [6, 6.07) is 25.2. The van der Waals surface area contributed by atoms with Crippen molar-refractivity contribution in [3.8, 4) is 5.75 Å². The first-order chi connectivity index (χ1) is 15.1. The maximum Gasteiger partial charge on any atom is 0.333 e. The molecule has 0 bridgehead atoms. The molecule has 1 N–H and O–H groups in total. The number of carboxylic acids is 1. The molecule has 5 heteroatoms. The number of hydrogen-bond acceptors (Lipinski definition) is 3. The van der Waals surface area contributed by atoms with Crippen molar-refractivity contribution in [2.45, 2.75) is 19.4 Å². The van der Waals surface area contributed by atoms with Gasteiger partial charge >= 0.3 is 5.97 Å². The third-order valence-corrected chi connectivity index (χ3v) is 5.10. The van der Waals surface area contributed by atoms with E-state index >= 15 is 0 Å². The number of rotatable bonds is 10. The molecular weight excluding hydrogens is 412 g/mol. The molecular formula is C26H25ClO4. The lowest BCUT2D eigenvalue weighted by molar-refractivity contribution is -0.149. The van der Waals surface area contributed by atoms with E-state index in [1.807, 2.05) is 84.9 Å². The van der Waals surface area contributed by atoms with Gasteiger partial charge in [0, 0.05) is 23.6 Å². The molecule has 160 valence electrons. The van der Waals surface area contributed by atoms with Crippen molar-refractivity contribution in [2.24, 2.45) is 0 Å².